The first kappa shape index (κ1) is 20.2. The normalized spacial score (nSPS) is 26.1. The van der Waals surface area contributed by atoms with Crippen LogP contribution < -0.4 is 5.32 Å². The molecule has 1 fully saturated rings. The van der Waals surface area contributed by atoms with Crippen molar-refractivity contribution in [3.05, 3.63) is 0 Å². The van der Waals surface area contributed by atoms with Crippen LogP contribution in [-0.4, -0.2) is 37.2 Å². The zero-order chi connectivity index (χ0) is 17.5. The molecule has 136 valence electrons. The molecule has 5 heteroatoms. The summed E-state index contributed by atoms with van der Waals surface area (Å²) in [6.45, 7) is 10.4. The number of rotatable bonds is 8. The molecule has 0 aromatic heterocycles. The maximum absolute atomic E-state index is 12.0. The first-order valence-electron chi connectivity index (χ1n) is 8.92. The summed E-state index contributed by atoms with van der Waals surface area (Å²) in [5.41, 5.74) is -0.464. The fraction of sp³-hybridized carbons (Fsp3) is 0.944. The van der Waals surface area contributed by atoms with Crippen molar-refractivity contribution in [1.82, 2.24) is 5.32 Å². The number of hydrogen-bond acceptors (Lipinski definition) is 4. The van der Waals surface area contributed by atoms with E-state index in [1.54, 1.807) is 7.11 Å². The highest BCUT2D eigenvalue weighted by Gasteiger charge is 2.40. The van der Waals surface area contributed by atoms with Gasteiger partial charge in [0.25, 0.3) is 0 Å². The molecule has 0 radical (unpaired) electrons. The highest BCUT2D eigenvalue weighted by molar-refractivity contribution is 5.68. The molecule has 0 heterocycles. The van der Waals surface area contributed by atoms with Crippen LogP contribution in [0.5, 0.6) is 0 Å². The molecule has 3 unspecified atom stereocenters. The van der Waals surface area contributed by atoms with E-state index < -0.39 is 11.4 Å². The summed E-state index contributed by atoms with van der Waals surface area (Å²) in [4.78, 5) is 12.0. The van der Waals surface area contributed by atoms with E-state index in [0.29, 0.717) is 12.5 Å². The molecule has 0 aliphatic heterocycles. The van der Waals surface area contributed by atoms with Gasteiger partial charge in [-0.2, -0.15) is 0 Å². The predicted octanol–water partition coefficient (Wildman–Crippen LogP) is 4.25. The lowest BCUT2D eigenvalue weighted by Gasteiger charge is -2.28. The average Bonchev–Trinajstić information content (AvgIpc) is 2.81. The van der Waals surface area contributed by atoms with Gasteiger partial charge in [-0.25, -0.2) is 4.79 Å². The van der Waals surface area contributed by atoms with E-state index in [-0.39, 0.29) is 12.1 Å². The van der Waals surface area contributed by atoms with Gasteiger partial charge < -0.3 is 19.5 Å². The van der Waals surface area contributed by atoms with E-state index in [1.165, 1.54) is 0 Å². The second kappa shape index (κ2) is 8.88. The third-order valence-electron chi connectivity index (χ3n) is 4.29. The van der Waals surface area contributed by atoms with Crippen LogP contribution in [0.25, 0.3) is 0 Å². The van der Waals surface area contributed by atoms with Crippen LogP contribution in [0.15, 0.2) is 0 Å². The number of alkyl carbamates (subject to hydrolysis) is 1. The molecule has 0 saturated heterocycles. The van der Waals surface area contributed by atoms with Gasteiger partial charge in [0.05, 0.1) is 0 Å². The third-order valence-corrected chi connectivity index (χ3v) is 4.29. The molecule has 0 spiro atoms. The van der Waals surface area contributed by atoms with Crippen LogP contribution >= 0.6 is 0 Å². The molecule has 3 atom stereocenters. The number of carbonyl (C=O) groups is 1. The van der Waals surface area contributed by atoms with Crippen LogP contribution in [0.4, 0.5) is 4.79 Å². The first-order chi connectivity index (χ1) is 10.7. The fourth-order valence-electron chi connectivity index (χ4n) is 3.38. The molecule has 1 aliphatic rings. The number of methoxy groups -OCH3 is 1. The topological polar surface area (TPSA) is 56.8 Å². The van der Waals surface area contributed by atoms with Gasteiger partial charge >= 0.3 is 6.09 Å². The average molecular weight is 329 g/mol. The van der Waals surface area contributed by atoms with Gasteiger partial charge in [-0.3, -0.25) is 0 Å². The molecule has 5 nitrogen and oxygen atoms in total. The maximum atomic E-state index is 12.0. The van der Waals surface area contributed by atoms with E-state index in [9.17, 15) is 4.79 Å². The molecular formula is C18H35NO4. The van der Waals surface area contributed by atoms with Crippen molar-refractivity contribution in [2.24, 2.45) is 5.92 Å². The van der Waals surface area contributed by atoms with Gasteiger partial charge in [0.1, 0.15) is 5.60 Å². The summed E-state index contributed by atoms with van der Waals surface area (Å²) in [5.74, 6) is 0.0789. The van der Waals surface area contributed by atoms with Crippen molar-refractivity contribution < 1.29 is 19.0 Å². The Morgan fingerprint density at radius 2 is 2.04 bits per heavy atom. The van der Waals surface area contributed by atoms with Crippen molar-refractivity contribution in [3.63, 3.8) is 0 Å². The Morgan fingerprint density at radius 1 is 1.35 bits per heavy atom. The second-order valence-electron chi connectivity index (χ2n) is 7.52. The highest BCUT2D eigenvalue weighted by Crippen LogP contribution is 2.40. The summed E-state index contributed by atoms with van der Waals surface area (Å²) in [6.07, 6.45) is 5.52. The summed E-state index contributed by atoms with van der Waals surface area (Å²) in [7, 11) is 1.72. The lowest BCUT2D eigenvalue weighted by atomic mass is 9.95. The summed E-state index contributed by atoms with van der Waals surface area (Å²) >= 11 is 0. The molecule has 1 amide bonds. The van der Waals surface area contributed by atoms with Gasteiger partial charge in [0, 0.05) is 32.6 Å². The van der Waals surface area contributed by atoms with Crippen LogP contribution in [0, 0.1) is 5.92 Å². The minimum Gasteiger partial charge on any atom is -0.444 e. The van der Waals surface area contributed by atoms with Crippen LogP contribution in [0.3, 0.4) is 0 Å². The summed E-state index contributed by atoms with van der Waals surface area (Å²) in [5, 5.41) is 3.04. The van der Waals surface area contributed by atoms with E-state index in [2.05, 4.69) is 12.2 Å². The minimum absolute atomic E-state index is 0.147. The van der Waals surface area contributed by atoms with Crippen molar-refractivity contribution in [2.45, 2.75) is 90.6 Å². The van der Waals surface area contributed by atoms with Crippen molar-refractivity contribution in [3.8, 4) is 0 Å². The van der Waals surface area contributed by atoms with Gasteiger partial charge in [-0.1, -0.05) is 13.3 Å². The van der Waals surface area contributed by atoms with Crippen molar-refractivity contribution in [2.75, 3.05) is 13.7 Å². The SMILES string of the molecule is CCCC(CC1CCC(OC)(OCC)C1)NC(=O)OC(C)(C)C. The predicted molar refractivity (Wildman–Crippen MR) is 91.4 cm³/mol. The maximum Gasteiger partial charge on any atom is 0.407 e. The molecule has 0 bridgehead atoms. The highest BCUT2D eigenvalue weighted by atomic mass is 16.7. The molecule has 1 rings (SSSR count). The van der Waals surface area contributed by atoms with Crippen molar-refractivity contribution >= 4 is 6.09 Å². The Bertz CT molecular complexity index is 367. The summed E-state index contributed by atoms with van der Waals surface area (Å²) < 4.78 is 16.8. The molecule has 1 N–H and O–H groups in total. The molecule has 0 aromatic carbocycles. The number of ether oxygens (including phenoxy) is 3. The first-order valence-corrected chi connectivity index (χ1v) is 8.92. The Balaban J connectivity index is 2.55. The third kappa shape index (κ3) is 7.08. The van der Waals surface area contributed by atoms with Gasteiger partial charge in [-0.15, -0.1) is 0 Å². The molecular weight excluding hydrogens is 294 g/mol. The zero-order valence-electron chi connectivity index (χ0n) is 15.7. The standard InChI is InChI=1S/C18H35NO4/c1-7-9-15(19-16(20)23-17(3,4)5)12-14-10-11-18(13-14,21-6)22-8-2/h14-15H,7-13H2,1-6H3,(H,19,20). The van der Waals surface area contributed by atoms with E-state index in [1.807, 2.05) is 27.7 Å². The van der Waals surface area contributed by atoms with Gasteiger partial charge in [0.2, 0.25) is 0 Å². The van der Waals surface area contributed by atoms with Crippen LogP contribution in [-0.2, 0) is 14.2 Å². The van der Waals surface area contributed by atoms with Crippen LogP contribution in [0.2, 0.25) is 0 Å². The van der Waals surface area contributed by atoms with Gasteiger partial charge in [0.15, 0.2) is 5.79 Å². The molecule has 23 heavy (non-hydrogen) atoms. The Kier molecular flexibility index (Phi) is 7.81. The number of hydrogen-bond donors (Lipinski definition) is 1. The second-order valence-corrected chi connectivity index (χ2v) is 7.52. The zero-order valence-corrected chi connectivity index (χ0v) is 15.7. The molecule has 1 aliphatic carbocycles. The number of carbonyl (C=O) groups excluding carboxylic acids is 1. The minimum atomic E-state index is -0.464. The largest absolute Gasteiger partial charge is 0.444 e. The van der Waals surface area contributed by atoms with E-state index in [0.717, 1.165) is 38.5 Å². The summed E-state index contributed by atoms with van der Waals surface area (Å²) in [6, 6.07) is 0.147. The lowest BCUT2D eigenvalue weighted by Crippen LogP contribution is -2.40. The van der Waals surface area contributed by atoms with Crippen molar-refractivity contribution in [1.29, 1.82) is 0 Å². The van der Waals surface area contributed by atoms with E-state index >= 15 is 0 Å². The number of amides is 1. The molecule has 1 saturated carbocycles. The van der Waals surface area contributed by atoms with E-state index in [4.69, 9.17) is 14.2 Å². The van der Waals surface area contributed by atoms with Crippen LogP contribution in [0.1, 0.15) is 73.1 Å². The Morgan fingerprint density at radius 3 is 2.57 bits per heavy atom. The Labute approximate surface area is 141 Å². The Hall–Kier alpha value is -0.810. The monoisotopic (exact) mass is 329 g/mol. The number of nitrogens with one attached hydrogen (secondary N) is 1. The fourth-order valence-corrected chi connectivity index (χ4v) is 3.38. The molecule has 0 aromatic rings. The van der Waals surface area contributed by atoms with Gasteiger partial charge in [-0.05, 0) is 52.9 Å². The quantitative estimate of drug-likeness (QED) is 0.676. The lowest BCUT2D eigenvalue weighted by molar-refractivity contribution is -0.216. The smallest absolute Gasteiger partial charge is 0.407 e.